The monoisotopic (exact) mass is 252 g/mol. The van der Waals surface area contributed by atoms with Gasteiger partial charge in [0.15, 0.2) is 0 Å². The van der Waals surface area contributed by atoms with E-state index < -0.39 is 0 Å². The highest BCUT2D eigenvalue weighted by molar-refractivity contribution is 4.99. The molecule has 1 rings (SSSR count). The molecule has 0 amide bonds. The third-order valence-electron chi connectivity index (χ3n) is 3.53. The topological polar surface area (TPSA) is 33.1 Å². The first-order valence-electron chi connectivity index (χ1n) is 7.10. The molecule has 1 atom stereocenters. The standard InChI is InChI=1S/C14H28N4/c1-5-10-18-14(7-8-16-18)12-15-9-11-17(4)13(3)6-2/h7-8,13,15H,5-6,9-12H2,1-4H3. The van der Waals surface area contributed by atoms with Crippen LogP contribution in [0.1, 0.15) is 39.3 Å². The highest BCUT2D eigenvalue weighted by atomic mass is 15.3. The number of hydrogen-bond acceptors (Lipinski definition) is 3. The second-order valence-electron chi connectivity index (χ2n) is 4.96. The Kier molecular flexibility index (Phi) is 6.98. The third kappa shape index (κ3) is 4.78. The summed E-state index contributed by atoms with van der Waals surface area (Å²) in [5.41, 5.74) is 1.28. The van der Waals surface area contributed by atoms with E-state index in [2.05, 4.69) is 53.9 Å². The zero-order valence-electron chi connectivity index (χ0n) is 12.3. The van der Waals surface area contributed by atoms with Crippen LogP contribution in [0.5, 0.6) is 0 Å². The minimum atomic E-state index is 0.664. The van der Waals surface area contributed by atoms with Crippen LogP contribution in [0.4, 0.5) is 0 Å². The van der Waals surface area contributed by atoms with E-state index in [1.807, 2.05) is 6.20 Å². The molecular weight excluding hydrogens is 224 g/mol. The normalized spacial score (nSPS) is 13.2. The summed E-state index contributed by atoms with van der Waals surface area (Å²) in [6.45, 7) is 10.7. The van der Waals surface area contributed by atoms with Gasteiger partial charge in [0.05, 0.1) is 5.69 Å². The summed E-state index contributed by atoms with van der Waals surface area (Å²) in [4.78, 5) is 2.40. The zero-order valence-corrected chi connectivity index (χ0v) is 12.3. The van der Waals surface area contributed by atoms with E-state index in [4.69, 9.17) is 0 Å². The molecule has 0 radical (unpaired) electrons. The van der Waals surface area contributed by atoms with Crippen molar-refractivity contribution in [2.45, 2.75) is 52.7 Å². The average Bonchev–Trinajstić information content (AvgIpc) is 2.81. The van der Waals surface area contributed by atoms with Crippen LogP contribution in [-0.2, 0) is 13.1 Å². The summed E-state index contributed by atoms with van der Waals surface area (Å²) in [6, 6.07) is 2.76. The van der Waals surface area contributed by atoms with E-state index in [1.165, 1.54) is 12.1 Å². The van der Waals surface area contributed by atoms with Crippen molar-refractivity contribution >= 4 is 0 Å². The van der Waals surface area contributed by atoms with Crippen molar-refractivity contribution < 1.29 is 0 Å². The molecule has 1 heterocycles. The van der Waals surface area contributed by atoms with Crippen LogP contribution in [-0.4, -0.2) is 40.9 Å². The molecule has 0 saturated carbocycles. The number of aromatic nitrogens is 2. The summed E-state index contributed by atoms with van der Waals surface area (Å²) in [5, 5.41) is 7.82. The summed E-state index contributed by atoms with van der Waals surface area (Å²) in [6.07, 6.45) is 4.23. The van der Waals surface area contributed by atoms with E-state index in [-0.39, 0.29) is 0 Å². The molecule has 0 aliphatic rings. The van der Waals surface area contributed by atoms with Gasteiger partial charge in [0.25, 0.3) is 0 Å². The van der Waals surface area contributed by atoms with Gasteiger partial charge in [-0.05, 0) is 32.9 Å². The van der Waals surface area contributed by atoms with Gasteiger partial charge in [-0.1, -0.05) is 13.8 Å². The lowest BCUT2D eigenvalue weighted by Crippen LogP contribution is -2.35. The fraction of sp³-hybridized carbons (Fsp3) is 0.786. The smallest absolute Gasteiger partial charge is 0.0522 e. The summed E-state index contributed by atoms with van der Waals surface area (Å²) < 4.78 is 2.09. The van der Waals surface area contributed by atoms with Gasteiger partial charge in [-0.15, -0.1) is 0 Å². The molecule has 1 unspecified atom stereocenters. The molecule has 4 heteroatoms. The maximum atomic E-state index is 4.33. The lowest BCUT2D eigenvalue weighted by molar-refractivity contribution is 0.251. The Morgan fingerprint density at radius 2 is 2.22 bits per heavy atom. The maximum absolute atomic E-state index is 4.33. The molecule has 104 valence electrons. The van der Waals surface area contributed by atoms with Crippen molar-refractivity contribution in [2.75, 3.05) is 20.1 Å². The summed E-state index contributed by atoms with van der Waals surface area (Å²) in [7, 11) is 2.19. The molecule has 4 nitrogen and oxygen atoms in total. The predicted molar refractivity (Wildman–Crippen MR) is 76.6 cm³/mol. The molecule has 0 spiro atoms. The van der Waals surface area contributed by atoms with Crippen molar-refractivity contribution in [2.24, 2.45) is 0 Å². The average molecular weight is 252 g/mol. The Morgan fingerprint density at radius 3 is 2.89 bits per heavy atom. The molecule has 0 bridgehead atoms. The molecule has 0 aliphatic carbocycles. The molecule has 1 N–H and O–H groups in total. The van der Waals surface area contributed by atoms with Crippen LogP contribution in [0.3, 0.4) is 0 Å². The number of aryl methyl sites for hydroxylation is 1. The van der Waals surface area contributed by atoms with Crippen molar-refractivity contribution in [1.82, 2.24) is 20.0 Å². The molecular formula is C14H28N4. The third-order valence-corrected chi connectivity index (χ3v) is 3.53. The van der Waals surface area contributed by atoms with Gasteiger partial charge in [-0.3, -0.25) is 4.68 Å². The van der Waals surface area contributed by atoms with Crippen LogP contribution in [0, 0.1) is 0 Å². The Labute approximate surface area is 111 Å². The lowest BCUT2D eigenvalue weighted by atomic mass is 10.2. The number of likely N-dealkylation sites (N-methyl/N-ethyl adjacent to an activating group) is 1. The molecule has 0 fully saturated rings. The first-order chi connectivity index (χ1) is 8.69. The largest absolute Gasteiger partial charge is 0.310 e. The quantitative estimate of drug-likeness (QED) is 0.683. The van der Waals surface area contributed by atoms with Crippen LogP contribution < -0.4 is 5.32 Å². The van der Waals surface area contributed by atoms with Gasteiger partial charge >= 0.3 is 0 Å². The van der Waals surface area contributed by atoms with Crippen LogP contribution in [0.2, 0.25) is 0 Å². The van der Waals surface area contributed by atoms with E-state index in [0.29, 0.717) is 6.04 Å². The van der Waals surface area contributed by atoms with Crippen molar-refractivity contribution in [3.63, 3.8) is 0 Å². The fourth-order valence-electron chi connectivity index (χ4n) is 1.93. The molecule has 18 heavy (non-hydrogen) atoms. The SMILES string of the molecule is CCCn1nccc1CNCCN(C)C(C)CC. The highest BCUT2D eigenvalue weighted by Gasteiger charge is 2.06. The molecule has 1 aromatic rings. The van der Waals surface area contributed by atoms with Gasteiger partial charge in [0.1, 0.15) is 0 Å². The first-order valence-corrected chi connectivity index (χ1v) is 7.10. The van der Waals surface area contributed by atoms with E-state index in [0.717, 1.165) is 32.6 Å². The van der Waals surface area contributed by atoms with Crippen molar-refractivity contribution in [3.8, 4) is 0 Å². The number of nitrogens with one attached hydrogen (secondary N) is 1. The Balaban J connectivity index is 2.23. The van der Waals surface area contributed by atoms with Gasteiger partial charge < -0.3 is 10.2 Å². The first kappa shape index (κ1) is 15.2. The van der Waals surface area contributed by atoms with E-state index >= 15 is 0 Å². The van der Waals surface area contributed by atoms with Crippen LogP contribution >= 0.6 is 0 Å². The Hall–Kier alpha value is -0.870. The minimum Gasteiger partial charge on any atom is -0.310 e. The Morgan fingerprint density at radius 1 is 1.44 bits per heavy atom. The maximum Gasteiger partial charge on any atom is 0.0522 e. The molecule has 0 aromatic carbocycles. The van der Waals surface area contributed by atoms with Crippen molar-refractivity contribution in [3.05, 3.63) is 18.0 Å². The molecule has 1 aromatic heterocycles. The zero-order chi connectivity index (χ0) is 13.4. The Bertz CT molecular complexity index is 321. The van der Waals surface area contributed by atoms with Gasteiger partial charge in [0, 0.05) is 38.4 Å². The van der Waals surface area contributed by atoms with Crippen LogP contribution in [0.15, 0.2) is 12.3 Å². The van der Waals surface area contributed by atoms with Crippen LogP contribution in [0.25, 0.3) is 0 Å². The van der Waals surface area contributed by atoms with Gasteiger partial charge in [-0.2, -0.15) is 5.10 Å². The van der Waals surface area contributed by atoms with E-state index in [1.54, 1.807) is 0 Å². The second-order valence-corrected chi connectivity index (χ2v) is 4.96. The van der Waals surface area contributed by atoms with E-state index in [9.17, 15) is 0 Å². The number of nitrogens with zero attached hydrogens (tertiary/aromatic N) is 3. The lowest BCUT2D eigenvalue weighted by Gasteiger charge is -2.23. The summed E-state index contributed by atoms with van der Waals surface area (Å²) in [5.74, 6) is 0. The predicted octanol–water partition coefficient (Wildman–Crippen LogP) is 2.11. The molecule has 0 saturated heterocycles. The van der Waals surface area contributed by atoms with Crippen molar-refractivity contribution in [1.29, 1.82) is 0 Å². The van der Waals surface area contributed by atoms with Gasteiger partial charge in [0.2, 0.25) is 0 Å². The molecule has 0 aliphatic heterocycles. The number of rotatable bonds is 9. The fourth-order valence-corrected chi connectivity index (χ4v) is 1.93. The summed E-state index contributed by atoms with van der Waals surface area (Å²) >= 11 is 0. The minimum absolute atomic E-state index is 0.664. The second kappa shape index (κ2) is 8.27. The number of hydrogen-bond donors (Lipinski definition) is 1. The van der Waals surface area contributed by atoms with Gasteiger partial charge in [-0.25, -0.2) is 0 Å². The highest BCUT2D eigenvalue weighted by Crippen LogP contribution is 2.01.